The van der Waals surface area contributed by atoms with E-state index in [0.29, 0.717) is 16.5 Å². The number of nitrogens with one attached hydrogen (secondary N) is 1. The highest BCUT2D eigenvalue weighted by Gasteiger charge is 2.11. The average Bonchev–Trinajstić information content (AvgIpc) is 3.00. The lowest BCUT2D eigenvalue weighted by atomic mass is 10.0. The Morgan fingerprint density at radius 2 is 1.96 bits per heavy atom. The Labute approximate surface area is 146 Å². The van der Waals surface area contributed by atoms with Gasteiger partial charge in [-0.05, 0) is 28.8 Å². The van der Waals surface area contributed by atoms with Gasteiger partial charge in [0.25, 0.3) is 0 Å². The third kappa shape index (κ3) is 3.99. The van der Waals surface area contributed by atoms with Crippen LogP contribution in [0.1, 0.15) is 15.9 Å². The summed E-state index contributed by atoms with van der Waals surface area (Å²) in [6.07, 6.45) is 1.62. The summed E-state index contributed by atoms with van der Waals surface area (Å²) in [7, 11) is 0. The minimum atomic E-state index is -1.29. The molecule has 0 saturated heterocycles. The van der Waals surface area contributed by atoms with Crippen LogP contribution in [0.5, 0.6) is 0 Å². The second kappa shape index (κ2) is 7.10. The number of aromatic nitrogens is 1. The molecule has 0 aliphatic heterocycles. The molecule has 0 atom stereocenters. The number of carboxylic acid groups (broad SMARTS) is 1. The Bertz CT molecular complexity index is 938. The molecule has 25 heavy (non-hydrogen) atoms. The van der Waals surface area contributed by atoms with Crippen LogP contribution in [0.3, 0.4) is 0 Å². The molecule has 0 saturated carbocycles. The molecule has 1 aromatic heterocycles. The highest BCUT2D eigenvalue weighted by Crippen LogP contribution is 2.22. The maximum absolute atomic E-state index is 13.8. The van der Waals surface area contributed by atoms with Crippen molar-refractivity contribution in [2.45, 2.75) is 0 Å². The predicted octanol–water partition coefficient (Wildman–Crippen LogP) is 3.68. The molecular weight excluding hydrogens is 343 g/mol. The van der Waals surface area contributed by atoms with Crippen LogP contribution < -0.4 is 11.2 Å². The minimum absolute atomic E-state index is 0.346. The lowest BCUT2D eigenvalue weighted by Crippen LogP contribution is -2.00. The molecular formula is C17H13FN4O2S. The zero-order valence-corrected chi connectivity index (χ0v) is 13.6. The number of nitrogens with zero attached hydrogens (tertiary/aromatic N) is 2. The highest BCUT2D eigenvalue weighted by atomic mass is 32.1. The van der Waals surface area contributed by atoms with E-state index in [1.165, 1.54) is 23.5 Å². The van der Waals surface area contributed by atoms with E-state index in [4.69, 9.17) is 10.8 Å². The van der Waals surface area contributed by atoms with Gasteiger partial charge in [-0.25, -0.2) is 14.2 Å². The van der Waals surface area contributed by atoms with Gasteiger partial charge in [0.05, 0.1) is 11.8 Å². The van der Waals surface area contributed by atoms with Crippen molar-refractivity contribution in [3.05, 3.63) is 64.8 Å². The molecule has 0 spiro atoms. The van der Waals surface area contributed by atoms with Crippen molar-refractivity contribution in [2.75, 3.05) is 11.2 Å². The van der Waals surface area contributed by atoms with Crippen molar-refractivity contribution in [2.24, 2.45) is 5.10 Å². The Hall–Kier alpha value is -3.26. The van der Waals surface area contributed by atoms with E-state index in [1.54, 1.807) is 29.8 Å². The standard InChI is InChI=1S/C17H13FN4O2S/c18-14-7-12(5-6-13(14)16(23)24)11-3-1-10(2-4-11)8-20-22-17-21-15(19)9-25-17/h1-9H,19H2,(H,21,22)(H,23,24). The zero-order valence-electron chi connectivity index (χ0n) is 12.8. The summed E-state index contributed by atoms with van der Waals surface area (Å²) < 4.78 is 13.8. The Kier molecular flexibility index (Phi) is 4.71. The van der Waals surface area contributed by atoms with Gasteiger partial charge in [0.1, 0.15) is 11.6 Å². The first-order valence-corrected chi connectivity index (χ1v) is 8.04. The van der Waals surface area contributed by atoms with Gasteiger partial charge < -0.3 is 10.8 Å². The van der Waals surface area contributed by atoms with E-state index < -0.39 is 11.8 Å². The van der Waals surface area contributed by atoms with Crippen molar-refractivity contribution in [1.82, 2.24) is 4.98 Å². The first-order valence-electron chi connectivity index (χ1n) is 7.16. The monoisotopic (exact) mass is 356 g/mol. The van der Waals surface area contributed by atoms with E-state index >= 15 is 0 Å². The number of carbonyl (C=O) groups is 1. The molecule has 8 heteroatoms. The van der Waals surface area contributed by atoms with Crippen LogP contribution in [-0.2, 0) is 0 Å². The Morgan fingerprint density at radius 1 is 1.24 bits per heavy atom. The summed E-state index contributed by atoms with van der Waals surface area (Å²) in [4.78, 5) is 14.9. The number of rotatable bonds is 5. The lowest BCUT2D eigenvalue weighted by Gasteiger charge is -2.04. The van der Waals surface area contributed by atoms with Gasteiger partial charge in [-0.1, -0.05) is 30.3 Å². The van der Waals surface area contributed by atoms with Crippen molar-refractivity contribution >= 4 is 34.5 Å². The van der Waals surface area contributed by atoms with Crippen LogP contribution >= 0.6 is 11.3 Å². The lowest BCUT2D eigenvalue weighted by molar-refractivity contribution is 0.0692. The van der Waals surface area contributed by atoms with Gasteiger partial charge in [-0.3, -0.25) is 5.43 Å². The Balaban J connectivity index is 1.71. The molecule has 3 aromatic rings. The fraction of sp³-hybridized carbons (Fsp3) is 0. The molecule has 4 N–H and O–H groups in total. The summed E-state index contributed by atoms with van der Waals surface area (Å²) in [5, 5.41) is 15.2. The molecule has 3 rings (SSSR count). The topological polar surface area (TPSA) is 101 Å². The molecule has 0 radical (unpaired) electrons. The summed E-state index contributed by atoms with van der Waals surface area (Å²) >= 11 is 1.35. The van der Waals surface area contributed by atoms with Gasteiger partial charge in [0, 0.05) is 5.38 Å². The molecule has 0 fully saturated rings. The van der Waals surface area contributed by atoms with Crippen molar-refractivity contribution < 1.29 is 14.3 Å². The number of hydrogen-bond donors (Lipinski definition) is 3. The summed E-state index contributed by atoms with van der Waals surface area (Å²) in [6, 6.07) is 11.3. The maximum atomic E-state index is 13.8. The molecule has 0 unspecified atom stereocenters. The second-order valence-electron chi connectivity index (χ2n) is 5.07. The van der Waals surface area contributed by atoms with Crippen LogP contribution in [0.15, 0.2) is 52.9 Å². The second-order valence-corrected chi connectivity index (χ2v) is 5.93. The third-order valence-electron chi connectivity index (χ3n) is 3.34. The Morgan fingerprint density at radius 3 is 2.56 bits per heavy atom. The quantitative estimate of drug-likeness (QED) is 0.478. The largest absolute Gasteiger partial charge is 0.478 e. The first-order chi connectivity index (χ1) is 12.0. The van der Waals surface area contributed by atoms with E-state index in [0.717, 1.165) is 11.1 Å². The molecule has 0 aliphatic rings. The van der Waals surface area contributed by atoms with Crippen LogP contribution in [0.4, 0.5) is 15.3 Å². The fourth-order valence-electron chi connectivity index (χ4n) is 2.13. The number of thiazole rings is 1. The van der Waals surface area contributed by atoms with Crippen LogP contribution in [0, 0.1) is 5.82 Å². The van der Waals surface area contributed by atoms with E-state index in [-0.39, 0.29) is 5.56 Å². The number of anilines is 2. The smallest absolute Gasteiger partial charge is 0.338 e. The molecule has 0 bridgehead atoms. The predicted molar refractivity (Wildman–Crippen MR) is 96.5 cm³/mol. The normalized spacial score (nSPS) is 10.9. The number of benzene rings is 2. The van der Waals surface area contributed by atoms with Gasteiger partial charge in [0.2, 0.25) is 5.13 Å². The van der Waals surface area contributed by atoms with Gasteiger partial charge >= 0.3 is 5.97 Å². The number of nitrogens with two attached hydrogens (primary N) is 1. The van der Waals surface area contributed by atoms with Gasteiger partial charge in [-0.2, -0.15) is 5.10 Å². The molecule has 1 heterocycles. The van der Waals surface area contributed by atoms with Crippen molar-refractivity contribution in [3.63, 3.8) is 0 Å². The minimum Gasteiger partial charge on any atom is -0.478 e. The molecule has 126 valence electrons. The fourth-order valence-corrected chi connectivity index (χ4v) is 2.68. The first kappa shape index (κ1) is 16.6. The zero-order chi connectivity index (χ0) is 17.8. The number of nitrogen functional groups attached to an aromatic ring is 1. The van der Waals surface area contributed by atoms with Crippen LogP contribution in [0.25, 0.3) is 11.1 Å². The van der Waals surface area contributed by atoms with Crippen molar-refractivity contribution in [3.8, 4) is 11.1 Å². The van der Waals surface area contributed by atoms with Crippen LogP contribution in [-0.4, -0.2) is 22.3 Å². The van der Waals surface area contributed by atoms with E-state index in [9.17, 15) is 9.18 Å². The van der Waals surface area contributed by atoms with Crippen molar-refractivity contribution in [1.29, 1.82) is 0 Å². The molecule has 0 amide bonds. The average molecular weight is 356 g/mol. The third-order valence-corrected chi connectivity index (χ3v) is 4.10. The summed E-state index contributed by atoms with van der Waals surface area (Å²) in [6.45, 7) is 0. The molecule has 6 nitrogen and oxygen atoms in total. The number of hydrazone groups is 1. The maximum Gasteiger partial charge on any atom is 0.338 e. The highest BCUT2D eigenvalue weighted by molar-refractivity contribution is 7.14. The molecule has 2 aromatic carbocycles. The number of hydrogen-bond acceptors (Lipinski definition) is 6. The van der Waals surface area contributed by atoms with Crippen LogP contribution in [0.2, 0.25) is 0 Å². The number of aromatic carboxylic acids is 1. The summed E-state index contributed by atoms with van der Waals surface area (Å²) in [5.41, 5.74) is 10.2. The summed E-state index contributed by atoms with van der Waals surface area (Å²) in [5.74, 6) is -1.61. The van der Waals surface area contributed by atoms with Gasteiger partial charge in [-0.15, -0.1) is 11.3 Å². The molecule has 0 aliphatic carbocycles. The van der Waals surface area contributed by atoms with Gasteiger partial charge in [0.15, 0.2) is 0 Å². The number of carboxylic acids is 1. The SMILES string of the molecule is Nc1csc(NN=Cc2ccc(-c3ccc(C(=O)O)c(F)c3)cc2)n1. The van der Waals surface area contributed by atoms with E-state index in [1.807, 2.05) is 12.1 Å². The van der Waals surface area contributed by atoms with E-state index in [2.05, 4.69) is 15.5 Å². The number of halogens is 1.